The Kier molecular flexibility index (Phi) is 7.36. The van der Waals surface area contributed by atoms with Crippen LogP contribution in [0.25, 0.3) is 0 Å². The maximum Gasteiger partial charge on any atom is 0.119 e. The van der Waals surface area contributed by atoms with Crippen molar-refractivity contribution in [2.45, 2.75) is 12.5 Å². The molecule has 0 saturated heterocycles. The van der Waals surface area contributed by atoms with Crippen molar-refractivity contribution in [2.75, 3.05) is 34.0 Å². The molecule has 0 spiro atoms. The van der Waals surface area contributed by atoms with Crippen LogP contribution in [0.4, 0.5) is 0 Å². The summed E-state index contributed by atoms with van der Waals surface area (Å²) in [6.07, 6.45) is 0.792. The van der Waals surface area contributed by atoms with E-state index in [1.165, 1.54) is 0 Å². The van der Waals surface area contributed by atoms with Crippen molar-refractivity contribution in [1.29, 1.82) is 0 Å². The topological polar surface area (TPSA) is 65.7 Å². The molecule has 0 radical (unpaired) electrons. The average molecular weight is 254 g/mol. The summed E-state index contributed by atoms with van der Waals surface area (Å²) in [6, 6.07) is 8.01. The van der Waals surface area contributed by atoms with E-state index in [-0.39, 0.29) is 6.04 Å². The molecule has 1 unspecified atom stereocenters. The SMILES string of the molecule is COCCOCC(Cc1cccc(OC)c1)NN. The first-order valence-electron chi connectivity index (χ1n) is 5.96. The summed E-state index contributed by atoms with van der Waals surface area (Å²) < 4.78 is 15.6. The number of rotatable bonds is 9. The van der Waals surface area contributed by atoms with Crippen LogP contribution in [0.1, 0.15) is 5.56 Å². The lowest BCUT2D eigenvalue weighted by Crippen LogP contribution is -2.40. The van der Waals surface area contributed by atoms with Gasteiger partial charge in [-0.3, -0.25) is 11.3 Å². The van der Waals surface area contributed by atoms with Crippen molar-refractivity contribution < 1.29 is 14.2 Å². The maximum atomic E-state index is 5.51. The van der Waals surface area contributed by atoms with Gasteiger partial charge in [-0.05, 0) is 24.1 Å². The van der Waals surface area contributed by atoms with Crippen molar-refractivity contribution in [3.8, 4) is 5.75 Å². The fourth-order valence-corrected chi connectivity index (χ4v) is 1.62. The molecule has 102 valence electrons. The van der Waals surface area contributed by atoms with Gasteiger partial charge in [-0.1, -0.05) is 12.1 Å². The molecule has 0 saturated carbocycles. The Hall–Kier alpha value is -1.14. The van der Waals surface area contributed by atoms with E-state index >= 15 is 0 Å². The standard InChI is InChI=1S/C13H22N2O3/c1-16-6-7-18-10-12(15-14)8-11-4-3-5-13(9-11)17-2/h3-5,9,12,15H,6-8,10,14H2,1-2H3. The Balaban J connectivity index is 2.41. The number of nitrogens with one attached hydrogen (secondary N) is 1. The summed E-state index contributed by atoms with van der Waals surface area (Å²) in [6.45, 7) is 1.72. The van der Waals surface area contributed by atoms with Gasteiger partial charge in [0.05, 0.1) is 26.9 Å². The molecule has 18 heavy (non-hydrogen) atoms. The highest BCUT2D eigenvalue weighted by Gasteiger charge is 2.08. The predicted octanol–water partition coefficient (Wildman–Crippen LogP) is 0.733. The van der Waals surface area contributed by atoms with E-state index in [9.17, 15) is 0 Å². The van der Waals surface area contributed by atoms with Crippen LogP contribution < -0.4 is 16.0 Å². The lowest BCUT2D eigenvalue weighted by molar-refractivity contribution is 0.0587. The highest BCUT2D eigenvalue weighted by Crippen LogP contribution is 2.13. The third kappa shape index (κ3) is 5.46. The first kappa shape index (κ1) is 14.9. The molecule has 0 aliphatic heterocycles. The molecule has 0 heterocycles. The Labute approximate surface area is 108 Å². The zero-order valence-corrected chi connectivity index (χ0v) is 11.0. The molecule has 1 aromatic carbocycles. The van der Waals surface area contributed by atoms with Crippen LogP contribution in [0.2, 0.25) is 0 Å². The maximum absolute atomic E-state index is 5.51. The molecule has 1 atom stereocenters. The van der Waals surface area contributed by atoms with Crippen molar-refractivity contribution in [1.82, 2.24) is 5.43 Å². The first-order valence-corrected chi connectivity index (χ1v) is 5.96. The fourth-order valence-electron chi connectivity index (χ4n) is 1.62. The van der Waals surface area contributed by atoms with E-state index < -0.39 is 0 Å². The average Bonchev–Trinajstić information content (AvgIpc) is 2.42. The Bertz CT molecular complexity index is 334. The van der Waals surface area contributed by atoms with Gasteiger partial charge >= 0.3 is 0 Å². The number of methoxy groups -OCH3 is 2. The quantitative estimate of drug-likeness (QED) is 0.386. The minimum absolute atomic E-state index is 0.0777. The monoisotopic (exact) mass is 254 g/mol. The Morgan fingerprint density at radius 1 is 1.28 bits per heavy atom. The molecule has 3 N–H and O–H groups in total. The van der Waals surface area contributed by atoms with Gasteiger partial charge < -0.3 is 14.2 Å². The lowest BCUT2D eigenvalue weighted by Gasteiger charge is -2.16. The smallest absolute Gasteiger partial charge is 0.119 e. The van der Waals surface area contributed by atoms with Gasteiger partial charge in [-0.25, -0.2) is 0 Å². The van der Waals surface area contributed by atoms with Gasteiger partial charge in [0.25, 0.3) is 0 Å². The molecular weight excluding hydrogens is 232 g/mol. The molecular formula is C13H22N2O3. The van der Waals surface area contributed by atoms with E-state index in [4.69, 9.17) is 20.1 Å². The van der Waals surface area contributed by atoms with E-state index in [2.05, 4.69) is 5.43 Å². The second-order valence-corrected chi connectivity index (χ2v) is 3.99. The zero-order chi connectivity index (χ0) is 13.2. The second kappa shape index (κ2) is 8.88. The molecule has 5 heteroatoms. The number of benzene rings is 1. The molecule has 0 aromatic heterocycles. The molecule has 0 aliphatic rings. The van der Waals surface area contributed by atoms with Gasteiger partial charge in [0.1, 0.15) is 5.75 Å². The van der Waals surface area contributed by atoms with Crippen LogP contribution in [0, 0.1) is 0 Å². The number of hydrogen-bond donors (Lipinski definition) is 2. The number of hydrazine groups is 1. The van der Waals surface area contributed by atoms with E-state index in [0.717, 1.165) is 17.7 Å². The van der Waals surface area contributed by atoms with Crippen molar-refractivity contribution >= 4 is 0 Å². The van der Waals surface area contributed by atoms with E-state index in [0.29, 0.717) is 19.8 Å². The molecule has 0 fully saturated rings. The Morgan fingerprint density at radius 3 is 2.78 bits per heavy atom. The number of nitrogens with two attached hydrogens (primary N) is 1. The lowest BCUT2D eigenvalue weighted by atomic mass is 10.1. The van der Waals surface area contributed by atoms with Crippen molar-refractivity contribution in [3.63, 3.8) is 0 Å². The van der Waals surface area contributed by atoms with Crippen LogP contribution in [-0.4, -0.2) is 40.1 Å². The van der Waals surface area contributed by atoms with Crippen LogP contribution in [0.3, 0.4) is 0 Å². The summed E-state index contributed by atoms with van der Waals surface area (Å²) in [5.74, 6) is 6.36. The molecule has 0 aliphatic carbocycles. The summed E-state index contributed by atoms with van der Waals surface area (Å²) in [5, 5.41) is 0. The molecule has 0 bridgehead atoms. The van der Waals surface area contributed by atoms with Gasteiger partial charge in [0.15, 0.2) is 0 Å². The summed E-state index contributed by atoms with van der Waals surface area (Å²) in [7, 11) is 3.31. The molecule has 5 nitrogen and oxygen atoms in total. The van der Waals surface area contributed by atoms with Crippen LogP contribution in [0.15, 0.2) is 24.3 Å². The van der Waals surface area contributed by atoms with Gasteiger partial charge in [-0.2, -0.15) is 0 Å². The second-order valence-electron chi connectivity index (χ2n) is 3.99. The fraction of sp³-hybridized carbons (Fsp3) is 0.538. The Morgan fingerprint density at radius 2 is 2.11 bits per heavy atom. The van der Waals surface area contributed by atoms with Gasteiger partial charge in [0.2, 0.25) is 0 Å². The highest BCUT2D eigenvalue weighted by atomic mass is 16.5. The van der Waals surface area contributed by atoms with E-state index in [1.807, 2.05) is 24.3 Å². The zero-order valence-electron chi connectivity index (χ0n) is 11.0. The molecule has 1 rings (SSSR count). The summed E-state index contributed by atoms with van der Waals surface area (Å²) >= 11 is 0. The van der Waals surface area contributed by atoms with Crippen LogP contribution in [-0.2, 0) is 15.9 Å². The minimum atomic E-state index is 0.0777. The van der Waals surface area contributed by atoms with Gasteiger partial charge in [0, 0.05) is 13.2 Å². The van der Waals surface area contributed by atoms with Crippen molar-refractivity contribution in [3.05, 3.63) is 29.8 Å². The molecule has 0 amide bonds. The predicted molar refractivity (Wildman–Crippen MR) is 70.5 cm³/mol. The summed E-state index contributed by atoms with van der Waals surface area (Å²) in [5.41, 5.74) is 3.92. The number of hydrogen-bond acceptors (Lipinski definition) is 5. The van der Waals surface area contributed by atoms with Crippen LogP contribution in [0.5, 0.6) is 5.75 Å². The van der Waals surface area contributed by atoms with Crippen molar-refractivity contribution in [2.24, 2.45) is 5.84 Å². The number of ether oxygens (including phenoxy) is 3. The first-order chi connectivity index (χ1) is 8.80. The van der Waals surface area contributed by atoms with E-state index in [1.54, 1.807) is 14.2 Å². The minimum Gasteiger partial charge on any atom is -0.497 e. The third-order valence-electron chi connectivity index (χ3n) is 2.60. The normalized spacial score (nSPS) is 12.4. The summed E-state index contributed by atoms with van der Waals surface area (Å²) in [4.78, 5) is 0. The van der Waals surface area contributed by atoms with Crippen LogP contribution >= 0.6 is 0 Å². The molecule has 1 aromatic rings. The third-order valence-corrected chi connectivity index (χ3v) is 2.60. The highest BCUT2D eigenvalue weighted by molar-refractivity contribution is 5.28. The van der Waals surface area contributed by atoms with Gasteiger partial charge in [-0.15, -0.1) is 0 Å². The largest absolute Gasteiger partial charge is 0.497 e.